The van der Waals surface area contributed by atoms with Crippen molar-refractivity contribution in [2.75, 3.05) is 6.26 Å². The first-order valence-corrected chi connectivity index (χ1v) is 12.7. The lowest BCUT2D eigenvalue weighted by Gasteiger charge is -2.19. The highest BCUT2D eigenvalue weighted by Gasteiger charge is 2.32. The fraction of sp³-hybridized carbons (Fsp3) is 0.115. The van der Waals surface area contributed by atoms with Gasteiger partial charge in [-0.25, -0.2) is 17.8 Å². The summed E-state index contributed by atoms with van der Waals surface area (Å²) in [7, 11) is -3.51. The number of sulfone groups is 1. The number of hydrogen-bond acceptors (Lipinski definition) is 6. The summed E-state index contributed by atoms with van der Waals surface area (Å²) in [4.78, 5) is 22.1. The topological polar surface area (TPSA) is 107 Å². The third-order valence-electron chi connectivity index (χ3n) is 5.94. The number of carbonyl (C=O) groups is 1. The third-order valence-corrected chi connectivity index (χ3v) is 7.10. The highest BCUT2D eigenvalue weighted by Crippen LogP contribution is 2.34. The second-order valence-electron chi connectivity index (χ2n) is 8.27. The van der Waals surface area contributed by atoms with Gasteiger partial charge in [0.1, 0.15) is 29.6 Å². The van der Waals surface area contributed by atoms with Crippen LogP contribution >= 0.6 is 0 Å². The molecule has 4 aromatic rings. The van der Waals surface area contributed by atoms with Crippen LogP contribution in [0.15, 0.2) is 82.9 Å². The number of imidazole rings is 1. The normalized spacial score (nSPS) is 15.3. The summed E-state index contributed by atoms with van der Waals surface area (Å²) in [5.41, 5.74) is 8.96. The van der Waals surface area contributed by atoms with Crippen LogP contribution in [-0.4, -0.2) is 36.2 Å². The Bertz CT molecular complexity index is 1610. The summed E-state index contributed by atoms with van der Waals surface area (Å²) in [5.74, 6) is -1.04. The lowest BCUT2D eigenvalue weighted by molar-refractivity contribution is 0.0952. The van der Waals surface area contributed by atoms with E-state index in [1.165, 1.54) is 30.7 Å². The Morgan fingerprint density at radius 2 is 1.86 bits per heavy atom. The molecular weight excluding hydrogens is 467 g/mol. The summed E-state index contributed by atoms with van der Waals surface area (Å²) >= 11 is 0. The molecule has 0 radical (unpaired) electrons. The molecule has 1 aliphatic heterocycles. The van der Waals surface area contributed by atoms with Crippen LogP contribution in [0.3, 0.4) is 0 Å². The van der Waals surface area contributed by atoms with E-state index in [9.17, 15) is 13.2 Å². The van der Waals surface area contributed by atoms with Crippen LogP contribution in [-0.2, 0) is 16.4 Å². The average molecular weight is 489 g/mol. The van der Waals surface area contributed by atoms with E-state index in [0.717, 1.165) is 17.5 Å². The van der Waals surface area contributed by atoms with Crippen LogP contribution in [0, 0.1) is 5.82 Å². The average Bonchev–Trinajstić information content (AvgIpc) is 3.29. The number of halogens is 1. The zero-order valence-corrected chi connectivity index (χ0v) is 19.5. The van der Waals surface area contributed by atoms with Crippen molar-refractivity contribution < 1.29 is 17.6 Å². The zero-order valence-electron chi connectivity index (χ0n) is 18.7. The van der Waals surface area contributed by atoms with Gasteiger partial charge in [0.2, 0.25) is 5.78 Å². The van der Waals surface area contributed by atoms with Crippen molar-refractivity contribution in [1.29, 1.82) is 0 Å². The molecule has 1 unspecified atom stereocenters. The molecule has 0 bridgehead atoms. The predicted octanol–water partition coefficient (Wildman–Crippen LogP) is 3.90. The fourth-order valence-electron chi connectivity index (χ4n) is 4.24. The van der Waals surface area contributed by atoms with E-state index in [1.54, 1.807) is 28.8 Å². The Kier molecular flexibility index (Phi) is 5.66. The molecule has 0 saturated heterocycles. The Morgan fingerprint density at radius 1 is 1.06 bits per heavy atom. The maximum absolute atomic E-state index is 15.3. The quantitative estimate of drug-likeness (QED) is 0.459. The molecule has 2 heterocycles. The second kappa shape index (κ2) is 8.68. The van der Waals surface area contributed by atoms with E-state index in [4.69, 9.17) is 5.73 Å². The van der Waals surface area contributed by atoms with Gasteiger partial charge in [-0.2, -0.15) is 0 Å². The maximum Gasteiger partial charge on any atom is 0.210 e. The molecule has 3 aromatic carbocycles. The molecular formula is C26H21FN4O3S. The van der Waals surface area contributed by atoms with Gasteiger partial charge in [-0.1, -0.05) is 42.5 Å². The molecule has 1 atom stereocenters. The first-order chi connectivity index (χ1) is 16.8. The largest absolute Gasteiger partial charge is 0.326 e. The number of aliphatic imine (C=N–C) groups is 1. The van der Waals surface area contributed by atoms with Gasteiger partial charge in [-0.3, -0.25) is 14.4 Å². The first-order valence-electron chi connectivity index (χ1n) is 10.8. The summed E-state index contributed by atoms with van der Waals surface area (Å²) in [5, 5.41) is 0. The van der Waals surface area contributed by atoms with Crippen molar-refractivity contribution in [3.05, 3.63) is 101 Å². The Balaban J connectivity index is 1.53. The van der Waals surface area contributed by atoms with E-state index in [-0.39, 0.29) is 16.2 Å². The first kappa shape index (κ1) is 22.8. The number of benzene rings is 3. The molecule has 0 fully saturated rings. The van der Waals surface area contributed by atoms with Gasteiger partial charge in [-0.05, 0) is 35.4 Å². The Hall–Kier alpha value is -3.95. The number of hydrogen-bond donors (Lipinski definition) is 1. The van der Waals surface area contributed by atoms with Crippen molar-refractivity contribution >= 4 is 21.8 Å². The minimum Gasteiger partial charge on any atom is -0.326 e. The van der Waals surface area contributed by atoms with Crippen molar-refractivity contribution in [3.8, 4) is 16.8 Å². The zero-order chi connectivity index (χ0) is 24.7. The minimum absolute atomic E-state index is 0.0981. The van der Waals surface area contributed by atoms with Gasteiger partial charge in [0, 0.05) is 29.6 Å². The molecule has 1 aliphatic rings. The standard InChI is InChI=1S/C26H21FN4O3S/c1-35(33,34)23-8-3-2-7-19(23)17-9-10-20(21(27)12-17)24-26(32)25-22(14-29-24)30-15-31(25)18-6-4-5-16(11-18)13-28/h2-12,14-15,24H,13,28H2,1H3. The molecule has 2 N–H and O–H groups in total. The highest BCUT2D eigenvalue weighted by atomic mass is 32.2. The molecule has 1 aromatic heterocycles. The number of ketones is 1. The summed E-state index contributed by atoms with van der Waals surface area (Å²) in [6.45, 7) is 0.350. The number of nitrogens with two attached hydrogens (primary N) is 1. The highest BCUT2D eigenvalue weighted by molar-refractivity contribution is 7.90. The molecule has 176 valence electrons. The van der Waals surface area contributed by atoms with Gasteiger partial charge in [0.15, 0.2) is 9.84 Å². The Labute approximate surface area is 201 Å². The Morgan fingerprint density at radius 3 is 2.60 bits per heavy atom. The van der Waals surface area contributed by atoms with Crippen LogP contribution in [0.2, 0.25) is 0 Å². The van der Waals surface area contributed by atoms with Gasteiger partial charge >= 0.3 is 0 Å². The van der Waals surface area contributed by atoms with Gasteiger partial charge in [0.25, 0.3) is 0 Å². The van der Waals surface area contributed by atoms with Crippen molar-refractivity contribution in [2.24, 2.45) is 10.7 Å². The fourth-order valence-corrected chi connectivity index (χ4v) is 5.15. The second-order valence-corrected chi connectivity index (χ2v) is 10.3. The molecule has 5 rings (SSSR count). The molecule has 7 nitrogen and oxygen atoms in total. The molecule has 35 heavy (non-hydrogen) atoms. The number of Topliss-reactive ketones (excluding diaryl/α,β-unsaturated/α-hetero) is 1. The number of fused-ring (bicyclic) bond motifs is 1. The molecule has 0 saturated carbocycles. The van der Waals surface area contributed by atoms with E-state index in [2.05, 4.69) is 9.98 Å². The number of carbonyl (C=O) groups excluding carboxylic acids is 1. The number of nitrogens with zero attached hydrogens (tertiary/aromatic N) is 3. The SMILES string of the molecule is CS(=O)(=O)c1ccccc1-c1ccc(C2N=Cc3ncn(-c4cccc(CN)c4)c3C2=O)c(F)c1. The number of rotatable bonds is 5. The molecule has 0 aliphatic carbocycles. The van der Waals surface area contributed by atoms with E-state index >= 15 is 4.39 Å². The molecule has 0 amide bonds. The maximum atomic E-state index is 15.3. The molecule has 0 spiro atoms. The van der Waals surface area contributed by atoms with Gasteiger partial charge in [-0.15, -0.1) is 0 Å². The van der Waals surface area contributed by atoms with Gasteiger partial charge < -0.3 is 5.73 Å². The van der Waals surface area contributed by atoms with Crippen LogP contribution in [0.5, 0.6) is 0 Å². The monoisotopic (exact) mass is 488 g/mol. The lowest BCUT2D eigenvalue weighted by atomic mass is 9.95. The number of aromatic nitrogens is 2. The van der Waals surface area contributed by atoms with Crippen LogP contribution in [0.4, 0.5) is 4.39 Å². The van der Waals surface area contributed by atoms with Crippen molar-refractivity contribution in [1.82, 2.24) is 9.55 Å². The van der Waals surface area contributed by atoms with E-state index < -0.39 is 21.7 Å². The van der Waals surface area contributed by atoms with Crippen molar-refractivity contribution in [2.45, 2.75) is 17.5 Å². The lowest BCUT2D eigenvalue weighted by Crippen LogP contribution is -2.21. The smallest absolute Gasteiger partial charge is 0.210 e. The van der Waals surface area contributed by atoms with Crippen LogP contribution in [0.1, 0.15) is 33.4 Å². The van der Waals surface area contributed by atoms with Gasteiger partial charge in [0.05, 0.1) is 11.1 Å². The van der Waals surface area contributed by atoms with E-state index in [1.807, 2.05) is 24.3 Å². The van der Waals surface area contributed by atoms with Crippen LogP contribution in [0.25, 0.3) is 16.8 Å². The third kappa shape index (κ3) is 4.09. The summed E-state index contributed by atoms with van der Waals surface area (Å²) in [6.07, 6.45) is 4.11. The van der Waals surface area contributed by atoms with Crippen LogP contribution < -0.4 is 5.73 Å². The van der Waals surface area contributed by atoms with Crippen molar-refractivity contribution in [3.63, 3.8) is 0 Å². The minimum atomic E-state index is -3.51. The van der Waals surface area contributed by atoms with E-state index in [0.29, 0.717) is 29.1 Å². The molecule has 9 heteroatoms. The summed E-state index contributed by atoms with van der Waals surface area (Å²) in [6, 6.07) is 17.1. The summed E-state index contributed by atoms with van der Waals surface area (Å²) < 4.78 is 41.3. The predicted molar refractivity (Wildman–Crippen MR) is 131 cm³/mol.